The zero-order valence-electron chi connectivity index (χ0n) is 8.45. The molecule has 0 spiro atoms. The largest absolute Gasteiger partial charge is 0.383 e. The van der Waals surface area contributed by atoms with Gasteiger partial charge in [0.25, 0.3) is 0 Å². The normalized spacial score (nSPS) is 12.8. The van der Waals surface area contributed by atoms with E-state index < -0.39 is 6.10 Å². The van der Waals surface area contributed by atoms with Gasteiger partial charge in [-0.3, -0.25) is 0 Å². The Morgan fingerprint density at radius 1 is 1.38 bits per heavy atom. The van der Waals surface area contributed by atoms with Gasteiger partial charge in [-0.2, -0.15) is 0 Å². The minimum Gasteiger partial charge on any atom is -0.383 e. The highest BCUT2D eigenvalue weighted by Crippen LogP contribution is 2.35. The van der Waals surface area contributed by atoms with E-state index in [0.717, 1.165) is 10.6 Å². The van der Waals surface area contributed by atoms with Crippen LogP contribution in [0.2, 0.25) is 10.0 Å². The van der Waals surface area contributed by atoms with E-state index in [1.54, 1.807) is 23.7 Å². The number of aryl methyl sites for hydroxylation is 1. The number of thiazole rings is 1. The van der Waals surface area contributed by atoms with Crippen molar-refractivity contribution < 1.29 is 5.11 Å². The number of aliphatic hydroxyl groups excluding tert-OH is 1. The van der Waals surface area contributed by atoms with E-state index in [9.17, 15) is 5.11 Å². The van der Waals surface area contributed by atoms with Crippen LogP contribution in [0.15, 0.2) is 23.7 Å². The Balaban J connectivity index is 2.46. The maximum atomic E-state index is 10.2. The van der Waals surface area contributed by atoms with E-state index in [2.05, 4.69) is 4.98 Å². The number of hydrogen-bond donors (Lipinski definition) is 1. The molecule has 0 amide bonds. The van der Waals surface area contributed by atoms with Gasteiger partial charge < -0.3 is 5.11 Å². The maximum absolute atomic E-state index is 10.2. The zero-order chi connectivity index (χ0) is 11.7. The first-order valence-electron chi connectivity index (χ1n) is 4.63. The second-order valence-electron chi connectivity index (χ2n) is 3.35. The van der Waals surface area contributed by atoms with Gasteiger partial charge in [0.1, 0.15) is 6.10 Å². The quantitative estimate of drug-likeness (QED) is 0.902. The molecule has 2 rings (SSSR count). The van der Waals surface area contributed by atoms with E-state index in [-0.39, 0.29) is 0 Å². The molecule has 0 saturated carbocycles. The summed E-state index contributed by atoms with van der Waals surface area (Å²) >= 11 is 13.4. The van der Waals surface area contributed by atoms with Crippen molar-refractivity contribution in [2.45, 2.75) is 13.0 Å². The Morgan fingerprint density at radius 3 is 2.75 bits per heavy atom. The summed E-state index contributed by atoms with van der Waals surface area (Å²) in [5.74, 6) is 0. The summed E-state index contributed by atoms with van der Waals surface area (Å²) in [6, 6.07) is 5.22. The molecule has 1 N–H and O–H groups in total. The van der Waals surface area contributed by atoms with Gasteiger partial charge in [0, 0.05) is 5.56 Å². The Morgan fingerprint density at radius 2 is 2.12 bits per heavy atom. The van der Waals surface area contributed by atoms with Crippen molar-refractivity contribution in [1.82, 2.24) is 4.98 Å². The van der Waals surface area contributed by atoms with E-state index in [1.165, 1.54) is 11.3 Å². The van der Waals surface area contributed by atoms with E-state index in [0.29, 0.717) is 15.6 Å². The molecule has 1 aromatic carbocycles. The average Bonchev–Trinajstić information content (AvgIpc) is 2.68. The van der Waals surface area contributed by atoms with E-state index in [4.69, 9.17) is 23.2 Å². The summed E-state index contributed by atoms with van der Waals surface area (Å²) in [6.07, 6.45) is -0.765. The molecule has 0 bridgehead atoms. The standard InChI is InChI=1S/C11H9Cl2NOS/c1-6-11(16-5-14-6)10(15)7-3-2-4-8(12)9(7)13/h2-5,10,15H,1H3. The van der Waals surface area contributed by atoms with Crippen molar-refractivity contribution in [3.05, 3.63) is 49.9 Å². The van der Waals surface area contributed by atoms with Crippen molar-refractivity contribution in [3.63, 3.8) is 0 Å². The van der Waals surface area contributed by atoms with Crippen LogP contribution >= 0.6 is 34.5 Å². The first-order chi connectivity index (χ1) is 7.61. The smallest absolute Gasteiger partial charge is 0.117 e. The van der Waals surface area contributed by atoms with Crippen LogP contribution in [0.25, 0.3) is 0 Å². The number of rotatable bonds is 2. The predicted molar refractivity (Wildman–Crippen MR) is 67.4 cm³/mol. The van der Waals surface area contributed by atoms with Gasteiger partial charge in [0.15, 0.2) is 0 Å². The minimum atomic E-state index is -0.765. The van der Waals surface area contributed by atoms with Crippen molar-refractivity contribution in [1.29, 1.82) is 0 Å². The van der Waals surface area contributed by atoms with Gasteiger partial charge in [0.05, 0.1) is 26.1 Å². The van der Waals surface area contributed by atoms with Gasteiger partial charge in [-0.15, -0.1) is 11.3 Å². The van der Waals surface area contributed by atoms with Crippen molar-refractivity contribution in [3.8, 4) is 0 Å². The van der Waals surface area contributed by atoms with Crippen molar-refractivity contribution in [2.24, 2.45) is 0 Å². The summed E-state index contributed by atoms with van der Waals surface area (Å²) < 4.78 is 0. The summed E-state index contributed by atoms with van der Waals surface area (Å²) in [6.45, 7) is 1.85. The first-order valence-corrected chi connectivity index (χ1v) is 6.26. The predicted octanol–water partition coefficient (Wildman–Crippen LogP) is 3.84. The molecule has 0 radical (unpaired) electrons. The highest BCUT2D eigenvalue weighted by Gasteiger charge is 2.18. The molecule has 0 aliphatic rings. The van der Waals surface area contributed by atoms with Gasteiger partial charge in [-0.1, -0.05) is 35.3 Å². The van der Waals surface area contributed by atoms with E-state index in [1.807, 2.05) is 6.92 Å². The molecule has 2 aromatic rings. The second kappa shape index (κ2) is 4.72. The third-order valence-corrected chi connectivity index (χ3v) is 4.12. The molecule has 2 nitrogen and oxygen atoms in total. The van der Waals surface area contributed by atoms with Crippen molar-refractivity contribution in [2.75, 3.05) is 0 Å². The molecule has 1 heterocycles. The van der Waals surface area contributed by atoms with Crippen LogP contribution in [0.5, 0.6) is 0 Å². The van der Waals surface area contributed by atoms with Gasteiger partial charge >= 0.3 is 0 Å². The molecule has 1 unspecified atom stereocenters. The molecule has 5 heteroatoms. The third kappa shape index (κ3) is 2.09. The average molecular weight is 274 g/mol. The maximum Gasteiger partial charge on any atom is 0.117 e. The van der Waals surface area contributed by atoms with E-state index >= 15 is 0 Å². The monoisotopic (exact) mass is 273 g/mol. The summed E-state index contributed by atoms with van der Waals surface area (Å²) in [5, 5.41) is 11.0. The number of hydrogen-bond acceptors (Lipinski definition) is 3. The zero-order valence-corrected chi connectivity index (χ0v) is 10.8. The Labute approximate surface area is 107 Å². The van der Waals surface area contributed by atoms with Crippen LogP contribution in [-0.4, -0.2) is 10.1 Å². The Bertz CT molecular complexity index is 512. The van der Waals surface area contributed by atoms with Gasteiger partial charge in [-0.25, -0.2) is 4.98 Å². The van der Waals surface area contributed by atoms with Gasteiger partial charge in [-0.05, 0) is 13.0 Å². The Hall–Kier alpha value is -0.610. The summed E-state index contributed by atoms with van der Waals surface area (Å²) in [7, 11) is 0. The lowest BCUT2D eigenvalue weighted by Crippen LogP contribution is -2.00. The lowest BCUT2D eigenvalue weighted by atomic mass is 10.1. The topological polar surface area (TPSA) is 33.1 Å². The summed E-state index contributed by atoms with van der Waals surface area (Å²) in [4.78, 5) is 4.89. The molecule has 0 aliphatic heterocycles. The lowest BCUT2D eigenvalue weighted by Gasteiger charge is -2.12. The molecule has 0 saturated heterocycles. The second-order valence-corrected chi connectivity index (χ2v) is 5.02. The fourth-order valence-corrected chi connectivity index (χ4v) is 2.66. The third-order valence-electron chi connectivity index (χ3n) is 2.31. The number of aliphatic hydroxyl groups is 1. The lowest BCUT2D eigenvalue weighted by molar-refractivity contribution is 0.223. The fraction of sp³-hybridized carbons (Fsp3) is 0.182. The van der Waals surface area contributed by atoms with Crippen LogP contribution < -0.4 is 0 Å². The number of nitrogens with zero attached hydrogens (tertiary/aromatic N) is 1. The molecule has 1 atom stereocenters. The summed E-state index contributed by atoms with van der Waals surface area (Å²) in [5.41, 5.74) is 3.13. The Kier molecular flexibility index (Phi) is 3.50. The van der Waals surface area contributed by atoms with Crippen LogP contribution in [0.1, 0.15) is 22.2 Å². The number of aromatic nitrogens is 1. The molecule has 0 aliphatic carbocycles. The molecule has 84 valence electrons. The molecular weight excluding hydrogens is 265 g/mol. The van der Waals surface area contributed by atoms with Crippen LogP contribution in [0.3, 0.4) is 0 Å². The van der Waals surface area contributed by atoms with Crippen LogP contribution in [0, 0.1) is 6.92 Å². The van der Waals surface area contributed by atoms with Crippen molar-refractivity contribution >= 4 is 34.5 Å². The van der Waals surface area contributed by atoms with Gasteiger partial charge in [0.2, 0.25) is 0 Å². The molecule has 16 heavy (non-hydrogen) atoms. The molecule has 1 aromatic heterocycles. The van der Waals surface area contributed by atoms with Crippen LogP contribution in [-0.2, 0) is 0 Å². The number of halogens is 2. The van der Waals surface area contributed by atoms with Crippen LogP contribution in [0.4, 0.5) is 0 Å². The molecule has 0 fully saturated rings. The fourth-order valence-electron chi connectivity index (χ4n) is 1.45. The molecular formula is C11H9Cl2NOS. The highest BCUT2D eigenvalue weighted by atomic mass is 35.5. The first kappa shape index (κ1) is 11.9. The minimum absolute atomic E-state index is 0.393. The highest BCUT2D eigenvalue weighted by molar-refractivity contribution is 7.09. The SMILES string of the molecule is Cc1ncsc1C(O)c1cccc(Cl)c1Cl. The number of benzene rings is 1.